The van der Waals surface area contributed by atoms with E-state index in [-0.39, 0.29) is 12.5 Å². The van der Waals surface area contributed by atoms with Crippen LogP contribution < -0.4 is 4.74 Å². The second-order valence-electron chi connectivity index (χ2n) is 5.79. The first-order valence-electron chi connectivity index (χ1n) is 7.04. The Morgan fingerprint density at radius 1 is 1.18 bits per heavy atom. The number of rotatable bonds is 4. The van der Waals surface area contributed by atoms with Crippen LogP contribution in [0.5, 0.6) is 5.75 Å². The molecule has 0 aliphatic rings. The Labute approximate surface area is 131 Å². The first-order chi connectivity index (χ1) is 10.2. The van der Waals surface area contributed by atoms with Crippen molar-refractivity contribution in [2.24, 2.45) is 0 Å². The van der Waals surface area contributed by atoms with E-state index >= 15 is 0 Å². The summed E-state index contributed by atoms with van der Waals surface area (Å²) in [6.07, 6.45) is 2.94. The van der Waals surface area contributed by atoms with Gasteiger partial charge < -0.3 is 9.47 Å². The third-order valence-electron chi connectivity index (χ3n) is 2.71. The van der Waals surface area contributed by atoms with Crippen molar-refractivity contribution in [3.8, 4) is 5.75 Å². The predicted molar refractivity (Wildman–Crippen MR) is 85.6 cm³/mol. The largest absolute Gasteiger partial charge is 0.497 e. The average Bonchev–Trinajstić information content (AvgIpc) is 2.41. The van der Waals surface area contributed by atoms with Crippen LogP contribution in [0, 0.1) is 0 Å². The van der Waals surface area contributed by atoms with Gasteiger partial charge in [-0.25, -0.2) is 9.69 Å². The summed E-state index contributed by atoms with van der Waals surface area (Å²) in [4.78, 5) is 24.6. The van der Waals surface area contributed by atoms with E-state index < -0.39 is 11.7 Å². The summed E-state index contributed by atoms with van der Waals surface area (Å²) in [6, 6.07) is 7.47. The van der Waals surface area contributed by atoms with Gasteiger partial charge in [0.15, 0.2) is 0 Å². The second kappa shape index (κ2) is 7.64. The first-order valence-corrected chi connectivity index (χ1v) is 7.04. The van der Waals surface area contributed by atoms with Crippen LogP contribution >= 0.6 is 0 Å². The smallest absolute Gasteiger partial charge is 0.417 e. The minimum Gasteiger partial charge on any atom is -0.497 e. The lowest BCUT2D eigenvalue weighted by Crippen LogP contribution is -2.39. The van der Waals surface area contributed by atoms with E-state index in [9.17, 15) is 9.59 Å². The summed E-state index contributed by atoms with van der Waals surface area (Å²) in [6.45, 7) is 6.78. The van der Waals surface area contributed by atoms with Gasteiger partial charge in [-0.15, -0.1) is 0 Å². The molecule has 0 atom stereocenters. The summed E-state index contributed by atoms with van der Waals surface area (Å²) in [5.41, 5.74) is 0.318. The third kappa shape index (κ3) is 5.99. The predicted octanol–water partition coefficient (Wildman–Crippen LogP) is 3.49. The summed E-state index contributed by atoms with van der Waals surface area (Å²) in [7, 11) is 1.61. The Bertz CT molecular complexity index is 541. The number of carbonyl (C=O) groups is 2. The van der Waals surface area contributed by atoms with Crippen molar-refractivity contribution >= 4 is 18.1 Å². The minimum absolute atomic E-state index is 0.163. The molecule has 0 fully saturated rings. The topological polar surface area (TPSA) is 55.8 Å². The van der Waals surface area contributed by atoms with Gasteiger partial charge in [0, 0.05) is 6.92 Å². The molecule has 0 spiro atoms. The number of nitrogens with zero attached hydrogens (tertiary/aromatic N) is 1. The van der Waals surface area contributed by atoms with Crippen LogP contribution in [0.2, 0.25) is 0 Å². The van der Waals surface area contributed by atoms with Gasteiger partial charge in [0.1, 0.15) is 11.4 Å². The number of carbonyl (C=O) groups excluding carboxylic acids is 2. The molecular formula is C17H23NO4. The Morgan fingerprint density at radius 3 is 2.23 bits per heavy atom. The minimum atomic E-state index is -0.639. The molecular weight excluding hydrogens is 282 g/mol. The Morgan fingerprint density at radius 2 is 1.77 bits per heavy atom. The van der Waals surface area contributed by atoms with Crippen LogP contribution in [0.15, 0.2) is 30.3 Å². The monoisotopic (exact) mass is 305 g/mol. The summed E-state index contributed by atoms with van der Waals surface area (Å²) in [5.74, 6) is 0.421. The molecule has 0 saturated heterocycles. The van der Waals surface area contributed by atoms with E-state index in [0.29, 0.717) is 0 Å². The highest BCUT2D eigenvalue weighted by atomic mass is 16.6. The van der Waals surface area contributed by atoms with Crippen LogP contribution in [0.1, 0.15) is 33.3 Å². The molecule has 0 aliphatic heterocycles. The molecule has 5 heteroatoms. The maximum atomic E-state index is 12.0. The van der Waals surface area contributed by atoms with Crippen molar-refractivity contribution in [2.75, 3.05) is 13.7 Å². The molecule has 22 heavy (non-hydrogen) atoms. The van der Waals surface area contributed by atoms with Gasteiger partial charge in [0.05, 0.1) is 13.7 Å². The zero-order valence-electron chi connectivity index (χ0n) is 13.8. The van der Waals surface area contributed by atoms with Gasteiger partial charge in [-0.2, -0.15) is 0 Å². The van der Waals surface area contributed by atoms with Crippen molar-refractivity contribution in [1.29, 1.82) is 0 Å². The molecule has 0 heterocycles. The SMILES string of the molecule is COc1ccc(/C=C/CN(C(C)=O)C(=O)OC(C)(C)C)cc1. The van der Waals surface area contributed by atoms with Crippen LogP contribution in [0.25, 0.3) is 6.08 Å². The normalized spacial score (nSPS) is 11.3. The number of hydrogen-bond donors (Lipinski definition) is 0. The van der Waals surface area contributed by atoms with E-state index in [1.165, 1.54) is 6.92 Å². The Hall–Kier alpha value is -2.30. The molecule has 1 rings (SSSR count). The molecule has 2 amide bonds. The number of ether oxygens (including phenoxy) is 2. The van der Waals surface area contributed by atoms with Crippen LogP contribution in [0.4, 0.5) is 4.79 Å². The van der Waals surface area contributed by atoms with Gasteiger partial charge in [0.2, 0.25) is 5.91 Å². The molecule has 0 radical (unpaired) electrons. The lowest BCUT2D eigenvalue weighted by Gasteiger charge is -2.24. The highest BCUT2D eigenvalue weighted by Gasteiger charge is 2.23. The number of methoxy groups -OCH3 is 1. The van der Waals surface area contributed by atoms with Crippen molar-refractivity contribution in [3.63, 3.8) is 0 Å². The van der Waals surface area contributed by atoms with E-state index in [0.717, 1.165) is 16.2 Å². The van der Waals surface area contributed by atoms with Crippen LogP contribution in [-0.2, 0) is 9.53 Å². The quantitative estimate of drug-likeness (QED) is 0.854. The van der Waals surface area contributed by atoms with Gasteiger partial charge in [-0.1, -0.05) is 24.3 Å². The standard InChI is InChI=1S/C17H23NO4/c1-13(19)18(16(20)22-17(2,3)4)12-6-7-14-8-10-15(21-5)11-9-14/h6-11H,12H2,1-5H3/b7-6+. The molecule has 5 nitrogen and oxygen atoms in total. The third-order valence-corrected chi connectivity index (χ3v) is 2.71. The number of hydrogen-bond acceptors (Lipinski definition) is 4. The maximum Gasteiger partial charge on any atom is 0.417 e. The van der Waals surface area contributed by atoms with Crippen molar-refractivity contribution < 1.29 is 19.1 Å². The Balaban J connectivity index is 2.69. The highest BCUT2D eigenvalue weighted by Crippen LogP contribution is 2.13. The molecule has 0 saturated carbocycles. The Kier molecular flexibility index (Phi) is 6.16. The van der Waals surface area contributed by atoms with Crippen LogP contribution in [-0.4, -0.2) is 36.2 Å². The molecule has 0 aromatic heterocycles. The zero-order valence-corrected chi connectivity index (χ0v) is 13.8. The molecule has 120 valence electrons. The lowest BCUT2D eigenvalue weighted by molar-refractivity contribution is -0.127. The van der Waals surface area contributed by atoms with Crippen molar-refractivity contribution in [1.82, 2.24) is 4.90 Å². The fraction of sp³-hybridized carbons (Fsp3) is 0.412. The summed E-state index contributed by atoms with van der Waals surface area (Å²) >= 11 is 0. The number of imide groups is 1. The van der Waals surface area contributed by atoms with Crippen LogP contribution in [0.3, 0.4) is 0 Å². The van der Waals surface area contributed by atoms with Gasteiger partial charge in [0.25, 0.3) is 0 Å². The molecule has 0 unspecified atom stereocenters. The summed E-state index contributed by atoms with van der Waals surface area (Å²) < 4.78 is 10.3. The van der Waals surface area contributed by atoms with Gasteiger partial charge >= 0.3 is 6.09 Å². The zero-order chi connectivity index (χ0) is 16.8. The van der Waals surface area contributed by atoms with E-state index in [1.54, 1.807) is 34.0 Å². The van der Waals surface area contributed by atoms with E-state index in [4.69, 9.17) is 9.47 Å². The fourth-order valence-corrected chi connectivity index (χ4v) is 1.66. The first kappa shape index (κ1) is 17.8. The molecule has 1 aromatic carbocycles. The molecule has 1 aromatic rings. The van der Waals surface area contributed by atoms with Gasteiger partial charge in [-0.3, -0.25) is 4.79 Å². The highest BCUT2D eigenvalue weighted by molar-refractivity contribution is 5.90. The van der Waals surface area contributed by atoms with E-state index in [2.05, 4.69) is 0 Å². The average molecular weight is 305 g/mol. The second-order valence-corrected chi connectivity index (χ2v) is 5.79. The van der Waals surface area contributed by atoms with Crippen molar-refractivity contribution in [3.05, 3.63) is 35.9 Å². The van der Waals surface area contributed by atoms with E-state index in [1.807, 2.05) is 30.3 Å². The number of amides is 2. The fourth-order valence-electron chi connectivity index (χ4n) is 1.66. The number of benzene rings is 1. The van der Waals surface area contributed by atoms with Crippen molar-refractivity contribution in [2.45, 2.75) is 33.3 Å². The lowest BCUT2D eigenvalue weighted by atomic mass is 10.2. The molecule has 0 N–H and O–H groups in total. The van der Waals surface area contributed by atoms with Gasteiger partial charge in [-0.05, 0) is 38.5 Å². The molecule has 0 aliphatic carbocycles. The summed E-state index contributed by atoms with van der Waals surface area (Å²) in [5, 5.41) is 0. The maximum absolute atomic E-state index is 12.0. The molecule has 0 bridgehead atoms.